The number of rotatable bonds is 7. The molecule has 0 aliphatic carbocycles. The van der Waals surface area contributed by atoms with Crippen LogP contribution in [0, 0.1) is 11.7 Å². The molecule has 32 heavy (non-hydrogen) atoms. The molecule has 1 fully saturated rings. The third kappa shape index (κ3) is 5.34. The maximum atomic E-state index is 13.0. The largest absolute Gasteiger partial charge is 0.339 e. The second-order valence-corrected chi connectivity index (χ2v) is 9.61. The minimum absolute atomic E-state index is 0.128. The number of benzene rings is 2. The Morgan fingerprint density at radius 2 is 1.56 bits per heavy atom. The fourth-order valence-electron chi connectivity index (χ4n) is 3.75. The van der Waals surface area contributed by atoms with Gasteiger partial charge in [0, 0.05) is 43.3 Å². The maximum Gasteiger partial charge on any atom is 0.253 e. The number of anilines is 1. The number of carbonyl (C=O) groups excluding carboxylic acids is 2. The summed E-state index contributed by atoms with van der Waals surface area (Å²) in [6, 6.07) is 11.5. The first kappa shape index (κ1) is 23.9. The van der Waals surface area contributed by atoms with Gasteiger partial charge in [-0.05, 0) is 75.2 Å². The molecule has 2 amide bonds. The second-order valence-electron chi connectivity index (χ2n) is 7.68. The van der Waals surface area contributed by atoms with Crippen molar-refractivity contribution in [1.82, 2.24) is 9.21 Å². The van der Waals surface area contributed by atoms with Crippen LogP contribution in [0.3, 0.4) is 0 Å². The zero-order valence-electron chi connectivity index (χ0n) is 18.3. The van der Waals surface area contributed by atoms with E-state index in [1.807, 2.05) is 13.8 Å². The van der Waals surface area contributed by atoms with Crippen molar-refractivity contribution in [3.63, 3.8) is 0 Å². The van der Waals surface area contributed by atoms with E-state index in [2.05, 4.69) is 5.32 Å². The number of piperidine rings is 1. The summed E-state index contributed by atoms with van der Waals surface area (Å²) in [5, 5.41) is 2.75. The van der Waals surface area contributed by atoms with E-state index < -0.39 is 10.0 Å². The summed E-state index contributed by atoms with van der Waals surface area (Å²) >= 11 is 0. The Labute approximate surface area is 188 Å². The minimum atomic E-state index is -3.71. The van der Waals surface area contributed by atoms with Gasteiger partial charge >= 0.3 is 0 Å². The summed E-state index contributed by atoms with van der Waals surface area (Å²) in [4.78, 5) is 26.7. The van der Waals surface area contributed by atoms with Crippen LogP contribution in [0.25, 0.3) is 0 Å². The van der Waals surface area contributed by atoms with Crippen LogP contribution in [-0.2, 0) is 14.8 Å². The van der Waals surface area contributed by atoms with Gasteiger partial charge in [-0.3, -0.25) is 9.59 Å². The number of carbonyl (C=O) groups is 2. The minimum Gasteiger partial charge on any atom is -0.339 e. The Morgan fingerprint density at radius 1 is 1.00 bits per heavy atom. The third-order valence-electron chi connectivity index (χ3n) is 5.73. The fraction of sp³-hybridized carbons (Fsp3) is 0.391. The van der Waals surface area contributed by atoms with Crippen LogP contribution in [0.1, 0.15) is 37.0 Å². The summed E-state index contributed by atoms with van der Waals surface area (Å²) in [6.45, 7) is 5.40. The molecule has 1 aliphatic rings. The topological polar surface area (TPSA) is 86.8 Å². The van der Waals surface area contributed by atoms with Crippen LogP contribution in [-0.4, -0.2) is 55.6 Å². The van der Waals surface area contributed by atoms with Crippen molar-refractivity contribution in [1.29, 1.82) is 0 Å². The molecule has 2 aromatic rings. The summed E-state index contributed by atoms with van der Waals surface area (Å²) in [7, 11) is -3.71. The van der Waals surface area contributed by atoms with E-state index in [1.165, 1.54) is 52.8 Å². The van der Waals surface area contributed by atoms with Gasteiger partial charge in [0.15, 0.2) is 0 Å². The van der Waals surface area contributed by atoms with E-state index in [9.17, 15) is 22.4 Å². The van der Waals surface area contributed by atoms with E-state index in [0.29, 0.717) is 37.2 Å². The normalized spacial score (nSPS) is 15.3. The van der Waals surface area contributed by atoms with Crippen molar-refractivity contribution in [2.45, 2.75) is 31.6 Å². The number of amides is 2. The molecule has 0 spiro atoms. The third-order valence-corrected chi connectivity index (χ3v) is 7.64. The molecule has 1 heterocycles. The highest BCUT2D eigenvalue weighted by Gasteiger charge is 2.32. The second kappa shape index (κ2) is 10.2. The molecule has 0 unspecified atom stereocenters. The predicted molar refractivity (Wildman–Crippen MR) is 120 cm³/mol. The van der Waals surface area contributed by atoms with Gasteiger partial charge in [0.2, 0.25) is 15.9 Å². The number of nitrogens with one attached hydrogen (secondary N) is 1. The standard InChI is InChI=1S/C23H28FN3O4S/c1-3-26(4-2)23(29)18-5-11-21(12-6-18)32(30,31)27-15-13-17(14-16-27)22(28)25-20-9-7-19(24)8-10-20/h5-12,17H,3-4,13-16H2,1-2H3,(H,25,28). The molecule has 2 aromatic carbocycles. The lowest BCUT2D eigenvalue weighted by molar-refractivity contribution is -0.120. The van der Waals surface area contributed by atoms with E-state index in [0.717, 1.165) is 0 Å². The van der Waals surface area contributed by atoms with Crippen molar-refractivity contribution in [2.75, 3.05) is 31.5 Å². The molecule has 0 saturated carbocycles. The number of nitrogens with zero attached hydrogens (tertiary/aromatic N) is 2. The van der Waals surface area contributed by atoms with Gasteiger partial charge in [0.1, 0.15) is 5.82 Å². The average Bonchev–Trinajstić information content (AvgIpc) is 2.81. The first-order chi connectivity index (χ1) is 15.3. The number of sulfonamides is 1. The molecular formula is C23H28FN3O4S. The Hall–Kier alpha value is -2.78. The number of halogens is 1. The van der Waals surface area contributed by atoms with Gasteiger partial charge in [-0.15, -0.1) is 0 Å². The number of hydrogen-bond donors (Lipinski definition) is 1. The van der Waals surface area contributed by atoms with Crippen LogP contribution in [0.4, 0.5) is 10.1 Å². The van der Waals surface area contributed by atoms with E-state index in [1.54, 1.807) is 4.90 Å². The average molecular weight is 462 g/mol. The molecule has 1 saturated heterocycles. The Balaban J connectivity index is 1.61. The molecule has 1 aliphatic heterocycles. The lowest BCUT2D eigenvalue weighted by Gasteiger charge is -2.30. The molecule has 0 radical (unpaired) electrons. The molecule has 0 atom stereocenters. The van der Waals surface area contributed by atoms with E-state index in [-0.39, 0.29) is 41.5 Å². The summed E-state index contributed by atoms with van der Waals surface area (Å²) in [6.07, 6.45) is 0.787. The molecule has 172 valence electrons. The zero-order chi connectivity index (χ0) is 23.3. The van der Waals surface area contributed by atoms with Crippen LogP contribution in [0.15, 0.2) is 53.4 Å². The van der Waals surface area contributed by atoms with Gasteiger partial charge in [-0.2, -0.15) is 4.31 Å². The van der Waals surface area contributed by atoms with Gasteiger partial charge in [-0.1, -0.05) is 0 Å². The first-order valence-electron chi connectivity index (χ1n) is 10.7. The van der Waals surface area contributed by atoms with Crippen LogP contribution >= 0.6 is 0 Å². The molecule has 0 bridgehead atoms. The van der Waals surface area contributed by atoms with Crippen LogP contribution in [0.5, 0.6) is 0 Å². The predicted octanol–water partition coefficient (Wildman–Crippen LogP) is 3.35. The smallest absolute Gasteiger partial charge is 0.253 e. The first-order valence-corrected chi connectivity index (χ1v) is 12.2. The Bertz CT molecular complexity index is 1040. The van der Waals surface area contributed by atoms with Gasteiger partial charge < -0.3 is 10.2 Å². The van der Waals surface area contributed by atoms with E-state index in [4.69, 9.17) is 0 Å². The van der Waals surface area contributed by atoms with Crippen LogP contribution < -0.4 is 5.32 Å². The maximum absolute atomic E-state index is 13.0. The lowest BCUT2D eigenvalue weighted by Crippen LogP contribution is -2.41. The molecule has 3 rings (SSSR count). The number of hydrogen-bond acceptors (Lipinski definition) is 4. The van der Waals surface area contributed by atoms with Crippen molar-refractivity contribution in [3.05, 3.63) is 59.9 Å². The van der Waals surface area contributed by atoms with Gasteiger partial charge in [0.05, 0.1) is 4.90 Å². The van der Waals surface area contributed by atoms with E-state index >= 15 is 0 Å². The summed E-state index contributed by atoms with van der Waals surface area (Å²) < 4.78 is 40.4. The Kier molecular flexibility index (Phi) is 7.63. The van der Waals surface area contributed by atoms with Crippen molar-refractivity contribution >= 4 is 27.5 Å². The van der Waals surface area contributed by atoms with Crippen molar-refractivity contribution < 1.29 is 22.4 Å². The highest BCUT2D eigenvalue weighted by molar-refractivity contribution is 7.89. The Morgan fingerprint density at radius 3 is 2.09 bits per heavy atom. The fourth-order valence-corrected chi connectivity index (χ4v) is 5.22. The molecule has 7 nitrogen and oxygen atoms in total. The van der Waals surface area contributed by atoms with Crippen molar-refractivity contribution in [3.8, 4) is 0 Å². The summed E-state index contributed by atoms with van der Waals surface area (Å²) in [5.41, 5.74) is 0.953. The quantitative estimate of drug-likeness (QED) is 0.685. The monoisotopic (exact) mass is 461 g/mol. The molecular weight excluding hydrogens is 433 g/mol. The molecule has 9 heteroatoms. The molecule has 1 N–H and O–H groups in total. The van der Waals surface area contributed by atoms with Crippen LogP contribution in [0.2, 0.25) is 0 Å². The zero-order valence-corrected chi connectivity index (χ0v) is 19.1. The molecule has 0 aromatic heterocycles. The highest BCUT2D eigenvalue weighted by Crippen LogP contribution is 2.25. The highest BCUT2D eigenvalue weighted by atomic mass is 32.2. The lowest BCUT2D eigenvalue weighted by atomic mass is 9.97. The van der Waals surface area contributed by atoms with Crippen molar-refractivity contribution in [2.24, 2.45) is 5.92 Å². The van der Waals surface area contributed by atoms with Gasteiger partial charge in [0.25, 0.3) is 5.91 Å². The van der Waals surface area contributed by atoms with Gasteiger partial charge in [-0.25, -0.2) is 12.8 Å². The SMILES string of the molecule is CCN(CC)C(=O)c1ccc(S(=O)(=O)N2CCC(C(=O)Nc3ccc(F)cc3)CC2)cc1. The summed E-state index contributed by atoms with van der Waals surface area (Å²) in [5.74, 6) is -1.03.